The van der Waals surface area contributed by atoms with Crippen molar-refractivity contribution >= 4 is 140 Å². The second kappa shape index (κ2) is 18.0. The quantitative estimate of drug-likeness (QED) is 0.0898. The summed E-state index contributed by atoms with van der Waals surface area (Å²) in [7, 11) is -0.0910. The van der Waals surface area contributed by atoms with Crippen LogP contribution in [0, 0.1) is 11.8 Å². The van der Waals surface area contributed by atoms with Crippen LogP contribution in [0.15, 0.2) is 79.1 Å². The molecule has 4 unspecified atom stereocenters. The van der Waals surface area contributed by atoms with Gasteiger partial charge < -0.3 is 0 Å². The van der Waals surface area contributed by atoms with Crippen LogP contribution in [0.4, 0.5) is 0 Å². The number of rotatable bonds is 16. The van der Waals surface area contributed by atoms with Gasteiger partial charge in [-0.15, -0.1) is 45.3 Å². The topological polar surface area (TPSA) is 77.3 Å². The second-order valence-corrected chi connectivity index (χ2v) is 24.4. The Morgan fingerprint density at radius 2 is 1.19 bits per heavy atom. The minimum atomic E-state index is -0.0910. The molecule has 0 saturated heterocycles. The van der Waals surface area contributed by atoms with Gasteiger partial charge in [-0.3, -0.25) is 9.97 Å². The first kappa shape index (κ1) is 42.5. The second-order valence-electron chi connectivity index (χ2n) is 17.1. The number of aromatic nitrogens is 6. The highest BCUT2D eigenvalue weighted by Crippen LogP contribution is 2.60. The van der Waals surface area contributed by atoms with Crippen molar-refractivity contribution in [3.05, 3.63) is 84.7 Å². The van der Waals surface area contributed by atoms with Crippen LogP contribution in [0.3, 0.4) is 0 Å². The minimum Gasteiger partial charge on any atom is -0.252 e. The van der Waals surface area contributed by atoms with Crippen molar-refractivity contribution in [2.45, 2.75) is 97.7 Å². The van der Waals surface area contributed by atoms with Crippen LogP contribution < -0.4 is 0 Å². The van der Waals surface area contributed by atoms with Crippen LogP contribution in [0.5, 0.6) is 0 Å². The maximum atomic E-state index is 5.29. The molecule has 324 valence electrons. The van der Waals surface area contributed by atoms with Crippen LogP contribution in [-0.4, -0.2) is 27.5 Å². The predicted molar refractivity (Wildman–Crippen MR) is 285 cm³/mol. The number of benzene rings is 2. The van der Waals surface area contributed by atoms with Gasteiger partial charge in [-0.25, -0.2) is 0 Å². The Morgan fingerprint density at radius 3 is 1.80 bits per heavy atom. The van der Waals surface area contributed by atoms with E-state index in [1.807, 2.05) is 22.7 Å². The maximum absolute atomic E-state index is 5.29. The van der Waals surface area contributed by atoms with Gasteiger partial charge in [0.1, 0.15) is 48.6 Å². The van der Waals surface area contributed by atoms with Crippen LogP contribution in [-0.2, 0) is 5.75 Å². The molecule has 0 aliphatic heterocycles. The van der Waals surface area contributed by atoms with Gasteiger partial charge in [-0.05, 0) is 76.6 Å². The monoisotopic (exact) mass is 969 g/mol. The average Bonchev–Trinajstić information content (AvgIpc) is 4.19. The van der Waals surface area contributed by atoms with Crippen molar-refractivity contribution in [3.63, 3.8) is 0 Å². The molecule has 6 nitrogen and oxygen atoms in total. The Hall–Kier alpha value is -4.08. The lowest BCUT2D eigenvalue weighted by molar-refractivity contribution is 0.392. The molecule has 0 aliphatic rings. The fourth-order valence-corrected chi connectivity index (χ4v) is 19.5. The van der Waals surface area contributed by atoms with Gasteiger partial charge in [0.25, 0.3) is 0 Å². The standard InChI is InChI=1S/C51H49N6S7/c1-6-10-16-29(8-3)27-64-40-24-37(33-25-52-44(46-42(33)54-62-56-46)38-22-31-18-12-14-20-35(31)58-38)60-49(40)50-51(64)41(28(5)30(9-4)17-11-7-2)48(61-50)34-26-53-45(47-43(34)55-63-57-47)39-23-32-19-13-15-21-36(32)59-39/h12-15,18-26,28-30H,6-11,16-17,27H2,1-5H3/q+1. The summed E-state index contributed by atoms with van der Waals surface area (Å²) >= 11 is 10.1. The number of nitrogens with zero attached hydrogens (tertiary/aromatic N) is 6. The Kier molecular flexibility index (Phi) is 11.9. The fourth-order valence-electron chi connectivity index (χ4n) is 9.66. The highest BCUT2D eigenvalue weighted by atomic mass is 32.2. The van der Waals surface area contributed by atoms with Crippen LogP contribution in [0.25, 0.3) is 103 Å². The molecule has 9 aromatic heterocycles. The third kappa shape index (κ3) is 7.34. The first-order valence-electron chi connectivity index (χ1n) is 22.7. The van der Waals surface area contributed by atoms with Gasteiger partial charge >= 0.3 is 0 Å². The molecular weight excluding hydrogens is 921 g/mol. The highest BCUT2D eigenvalue weighted by Gasteiger charge is 2.37. The molecule has 0 fully saturated rings. The summed E-state index contributed by atoms with van der Waals surface area (Å²) in [5.74, 6) is 2.82. The van der Waals surface area contributed by atoms with Crippen molar-refractivity contribution in [2.24, 2.45) is 11.8 Å². The Balaban J connectivity index is 1.12. The van der Waals surface area contributed by atoms with Crippen molar-refractivity contribution < 1.29 is 0 Å². The average molecular weight is 970 g/mol. The number of hydrogen-bond acceptors (Lipinski definition) is 12. The summed E-state index contributed by atoms with van der Waals surface area (Å²) in [5.41, 5.74) is 9.37. The molecule has 11 rings (SSSR count). The summed E-state index contributed by atoms with van der Waals surface area (Å²) in [5, 5.41) is 2.48. The zero-order valence-electron chi connectivity index (χ0n) is 36.6. The van der Waals surface area contributed by atoms with E-state index in [0.717, 1.165) is 60.8 Å². The Morgan fingerprint density at radius 1 is 0.594 bits per heavy atom. The van der Waals surface area contributed by atoms with E-state index in [2.05, 4.69) is 114 Å². The van der Waals surface area contributed by atoms with E-state index in [-0.39, 0.29) is 10.5 Å². The van der Waals surface area contributed by atoms with Gasteiger partial charge in [-0.1, -0.05) is 103 Å². The van der Waals surface area contributed by atoms with Gasteiger partial charge in [0, 0.05) is 60.2 Å². The molecule has 0 N–H and O–H groups in total. The molecule has 0 aliphatic carbocycles. The van der Waals surface area contributed by atoms with E-state index in [1.54, 1.807) is 32.9 Å². The summed E-state index contributed by atoms with van der Waals surface area (Å²) in [4.78, 5) is 15.3. The fraction of sp³-hybridized carbons (Fsp3) is 0.333. The van der Waals surface area contributed by atoms with Crippen LogP contribution in [0.1, 0.15) is 97.5 Å². The zero-order chi connectivity index (χ0) is 43.5. The van der Waals surface area contributed by atoms with Crippen molar-refractivity contribution in [1.29, 1.82) is 0 Å². The maximum Gasteiger partial charge on any atom is 0.197 e. The number of pyridine rings is 2. The molecule has 4 atom stereocenters. The van der Waals surface area contributed by atoms with Crippen molar-refractivity contribution in [1.82, 2.24) is 27.5 Å². The smallest absolute Gasteiger partial charge is 0.197 e. The summed E-state index contributed by atoms with van der Waals surface area (Å²) in [6.45, 7) is 12.0. The molecule has 0 radical (unpaired) electrons. The molecule has 64 heavy (non-hydrogen) atoms. The molecule has 9 heterocycles. The molecule has 0 spiro atoms. The lowest BCUT2D eigenvalue weighted by Crippen LogP contribution is -2.10. The summed E-state index contributed by atoms with van der Waals surface area (Å²) in [6, 6.07) is 24.2. The van der Waals surface area contributed by atoms with E-state index in [1.165, 1.54) is 118 Å². The highest BCUT2D eigenvalue weighted by molar-refractivity contribution is 7.49. The summed E-state index contributed by atoms with van der Waals surface area (Å²) in [6.07, 6.45) is 14.1. The number of fused-ring (bicyclic) bond motifs is 7. The largest absolute Gasteiger partial charge is 0.252 e. The van der Waals surface area contributed by atoms with Gasteiger partial charge in [0.15, 0.2) is 9.40 Å². The van der Waals surface area contributed by atoms with Crippen LogP contribution >= 0.6 is 79.3 Å². The predicted octanol–water partition coefficient (Wildman–Crippen LogP) is 18.3. The van der Waals surface area contributed by atoms with E-state index < -0.39 is 0 Å². The lowest BCUT2D eigenvalue weighted by Gasteiger charge is -2.23. The lowest BCUT2D eigenvalue weighted by atomic mass is 9.82. The third-order valence-electron chi connectivity index (χ3n) is 13.3. The molecule has 11 aromatic rings. The third-order valence-corrected chi connectivity index (χ3v) is 22.0. The number of unbranched alkanes of at least 4 members (excludes halogenated alkanes) is 2. The summed E-state index contributed by atoms with van der Waals surface area (Å²) < 4.78 is 28.4. The SMILES string of the molecule is CCCCC(CC)C[s+]1c2cc(-c3cnc(-c4cc5ccccc5s4)c4nsnc34)sc2c2sc(-c3cnc(-c4cc5ccccc5s4)c4nsnc34)c(C(C)C(CC)CCCC)c21. The number of thiophene rings is 5. The molecule has 0 amide bonds. The molecule has 0 bridgehead atoms. The molecule has 0 saturated carbocycles. The molecule has 2 aromatic carbocycles. The minimum absolute atomic E-state index is 0.0910. The Bertz CT molecular complexity index is 3380. The van der Waals surface area contributed by atoms with Gasteiger partial charge in [-0.2, -0.15) is 17.5 Å². The number of hydrogen-bond donors (Lipinski definition) is 0. The first-order chi connectivity index (χ1) is 31.5. The van der Waals surface area contributed by atoms with E-state index in [4.69, 9.17) is 27.5 Å². The Labute approximate surface area is 400 Å². The van der Waals surface area contributed by atoms with E-state index in [0.29, 0.717) is 17.8 Å². The molecular formula is C51H49N6S7+. The van der Waals surface area contributed by atoms with Gasteiger partial charge in [0.2, 0.25) is 0 Å². The van der Waals surface area contributed by atoms with Gasteiger partial charge in [0.05, 0.1) is 33.2 Å². The van der Waals surface area contributed by atoms with Crippen molar-refractivity contribution in [3.8, 4) is 42.0 Å². The zero-order valence-corrected chi connectivity index (χ0v) is 42.4. The van der Waals surface area contributed by atoms with Crippen LogP contribution in [0.2, 0.25) is 0 Å². The van der Waals surface area contributed by atoms with E-state index >= 15 is 0 Å². The van der Waals surface area contributed by atoms with E-state index in [9.17, 15) is 0 Å². The van der Waals surface area contributed by atoms with Crippen molar-refractivity contribution in [2.75, 3.05) is 0 Å². The first-order valence-corrected chi connectivity index (χ1v) is 28.8. The normalized spacial score (nSPS) is 14.0. The molecule has 13 heteroatoms.